The second-order valence-electron chi connectivity index (χ2n) is 6.76. The highest BCUT2D eigenvalue weighted by Crippen LogP contribution is 2.26. The van der Waals surface area contributed by atoms with Crippen LogP contribution in [0.15, 0.2) is 36.4 Å². The molecule has 0 aliphatic rings. The minimum Gasteiger partial charge on any atom is -0.458 e. The van der Waals surface area contributed by atoms with Gasteiger partial charge in [-0.3, -0.25) is 9.59 Å². The second kappa shape index (κ2) is 8.51. The lowest BCUT2D eigenvalue weighted by Crippen LogP contribution is -2.36. The molecule has 0 spiro atoms. The Morgan fingerprint density at radius 1 is 1.04 bits per heavy atom. The lowest BCUT2D eigenvalue weighted by atomic mass is 9.87. The quantitative estimate of drug-likeness (QED) is 0.744. The normalized spacial score (nSPS) is 14.3. The van der Waals surface area contributed by atoms with Crippen molar-refractivity contribution < 1.29 is 19.1 Å². The van der Waals surface area contributed by atoms with Gasteiger partial charge in [-0.1, -0.05) is 57.2 Å². The average molecular weight is 318 g/mol. The van der Waals surface area contributed by atoms with Gasteiger partial charge < -0.3 is 9.47 Å². The van der Waals surface area contributed by atoms with Crippen molar-refractivity contribution in [1.29, 1.82) is 0 Å². The Morgan fingerprint density at radius 3 is 2.09 bits per heavy atom. The highest BCUT2D eigenvalue weighted by molar-refractivity contribution is 5.68. The van der Waals surface area contributed by atoms with Crippen LogP contribution in [-0.2, 0) is 19.1 Å². The van der Waals surface area contributed by atoms with E-state index in [4.69, 9.17) is 9.47 Å². The number of benzene rings is 1. The summed E-state index contributed by atoms with van der Waals surface area (Å²) in [5.74, 6) is -0.789. The van der Waals surface area contributed by atoms with Crippen molar-refractivity contribution in [3.63, 3.8) is 0 Å². The summed E-state index contributed by atoms with van der Waals surface area (Å²) in [6.45, 7) is 8.87. The molecule has 0 aliphatic carbocycles. The fraction of sp³-hybridized carbons (Fsp3) is 0.474. The van der Waals surface area contributed by atoms with E-state index in [1.807, 2.05) is 36.4 Å². The number of hydrogen-bond donors (Lipinski definition) is 0. The smallest absolute Gasteiger partial charge is 0.303 e. The van der Waals surface area contributed by atoms with E-state index < -0.39 is 18.2 Å². The molecule has 0 unspecified atom stereocenters. The third-order valence-corrected chi connectivity index (χ3v) is 3.08. The first-order chi connectivity index (χ1) is 10.7. The number of rotatable bonds is 6. The maximum Gasteiger partial charge on any atom is 0.303 e. The number of hydrogen-bond acceptors (Lipinski definition) is 4. The number of ether oxygens (including phenoxy) is 2. The molecule has 0 saturated carbocycles. The van der Waals surface area contributed by atoms with Crippen molar-refractivity contribution in [3.8, 4) is 0 Å². The molecule has 0 aromatic heterocycles. The summed E-state index contributed by atoms with van der Waals surface area (Å²) in [6.07, 6.45) is 3.10. The Balaban J connectivity index is 3.00. The summed E-state index contributed by atoms with van der Waals surface area (Å²) in [6, 6.07) is 9.69. The van der Waals surface area contributed by atoms with Crippen molar-refractivity contribution in [2.75, 3.05) is 0 Å². The molecule has 0 amide bonds. The first kappa shape index (κ1) is 18.9. The predicted molar refractivity (Wildman–Crippen MR) is 90.7 cm³/mol. The van der Waals surface area contributed by atoms with Crippen LogP contribution in [0.5, 0.6) is 0 Å². The molecule has 126 valence electrons. The number of carbonyl (C=O) groups excluding carboxylic acids is 2. The van der Waals surface area contributed by atoms with E-state index in [-0.39, 0.29) is 11.4 Å². The van der Waals surface area contributed by atoms with Crippen LogP contribution < -0.4 is 0 Å². The van der Waals surface area contributed by atoms with Gasteiger partial charge in [0.1, 0.15) is 6.10 Å². The van der Waals surface area contributed by atoms with Gasteiger partial charge in [0.25, 0.3) is 0 Å². The first-order valence-corrected chi connectivity index (χ1v) is 7.75. The van der Waals surface area contributed by atoms with E-state index in [1.165, 1.54) is 13.8 Å². The maximum absolute atomic E-state index is 11.4. The van der Waals surface area contributed by atoms with Gasteiger partial charge in [0.2, 0.25) is 0 Å². The van der Waals surface area contributed by atoms with E-state index in [0.717, 1.165) is 5.56 Å². The van der Waals surface area contributed by atoms with Gasteiger partial charge >= 0.3 is 11.9 Å². The summed E-state index contributed by atoms with van der Waals surface area (Å²) in [5.41, 5.74) is 0.918. The van der Waals surface area contributed by atoms with E-state index in [9.17, 15) is 9.59 Å². The van der Waals surface area contributed by atoms with Gasteiger partial charge in [0, 0.05) is 13.8 Å². The van der Waals surface area contributed by atoms with Gasteiger partial charge in [-0.2, -0.15) is 0 Å². The molecular formula is C19H26O4. The predicted octanol–water partition coefficient (Wildman–Crippen LogP) is 4.00. The zero-order chi connectivity index (χ0) is 17.5. The van der Waals surface area contributed by atoms with Crippen molar-refractivity contribution in [2.24, 2.45) is 5.41 Å². The molecule has 4 nitrogen and oxygen atoms in total. The van der Waals surface area contributed by atoms with Gasteiger partial charge in [-0.15, -0.1) is 0 Å². The summed E-state index contributed by atoms with van der Waals surface area (Å²) < 4.78 is 10.8. The fourth-order valence-electron chi connectivity index (χ4n) is 2.24. The minimum atomic E-state index is -0.615. The third kappa shape index (κ3) is 8.19. The van der Waals surface area contributed by atoms with Crippen LogP contribution in [-0.4, -0.2) is 24.1 Å². The molecule has 1 aromatic rings. The van der Waals surface area contributed by atoms with Crippen LogP contribution in [0.1, 0.15) is 46.6 Å². The summed E-state index contributed by atoms with van der Waals surface area (Å²) in [5, 5.41) is 0. The Bertz CT molecular complexity index is 540. The zero-order valence-electron chi connectivity index (χ0n) is 14.5. The van der Waals surface area contributed by atoms with Gasteiger partial charge in [0.15, 0.2) is 6.10 Å². The number of esters is 2. The summed E-state index contributed by atoms with van der Waals surface area (Å²) in [7, 11) is 0. The lowest BCUT2D eigenvalue weighted by Gasteiger charge is -2.29. The van der Waals surface area contributed by atoms with Crippen LogP contribution in [0, 0.1) is 5.41 Å². The van der Waals surface area contributed by atoms with E-state index in [0.29, 0.717) is 6.42 Å². The van der Waals surface area contributed by atoms with Gasteiger partial charge in [-0.05, 0) is 23.5 Å². The molecule has 0 radical (unpaired) electrons. The monoisotopic (exact) mass is 318 g/mol. The molecule has 0 fully saturated rings. The third-order valence-electron chi connectivity index (χ3n) is 3.08. The molecule has 0 saturated heterocycles. The topological polar surface area (TPSA) is 52.6 Å². The van der Waals surface area contributed by atoms with E-state index in [1.54, 1.807) is 6.08 Å². The molecule has 0 bridgehead atoms. The van der Waals surface area contributed by atoms with Crippen LogP contribution in [0.3, 0.4) is 0 Å². The highest BCUT2D eigenvalue weighted by atomic mass is 16.6. The summed E-state index contributed by atoms with van der Waals surface area (Å²) in [4.78, 5) is 22.8. The summed E-state index contributed by atoms with van der Waals surface area (Å²) >= 11 is 0. The first-order valence-electron chi connectivity index (χ1n) is 7.75. The van der Waals surface area contributed by atoms with Crippen molar-refractivity contribution in [2.45, 2.75) is 53.2 Å². The highest BCUT2D eigenvalue weighted by Gasteiger charge is 2.29. The standard InChI is InChI=1S/C19H26O4/c1-14(20)22-17(12-11-16-9-7-6-8-10-16)18(23-15(2)21)13-19(3,4)5/h6-12,17-18H,13H2,1-5H3/b12-11+/t17-,18-/m0/s1. The molecule has 2 atom stereocenters. The van der Waals surface area contributed by atoms with Crippen molar-refractivity contribution in [3.05, 3.63) is 42.0 Å². The van der Waals surface area contributed by atoms with Crippen molar-refractivity contribution >= 4 is 18.0 Å². The SMILES string of the molecule is CC(=O)O[C@@H](/C=C/c1ccccc1)[C@H](CC(C)(C)C)OC(C)=O. The van der Waals surface area contributed by atoms with Crippen LogP contribution in [0.4, 0.5) is 0 Å². The van der Waals surface area contributed by atoms with Crippen LogP contribution in [0.25, 0.3) is 6.08 Å². The zero-order valence-corrected chi connectivity index (χ0v) is 14.5. The van der Waals surface area contributed by atoms with Crippen LogP contribution in [0.2, 0.25) is 0 Å². The molecule has 0 N–H and O–H groups in total. The van der Waals surface area contributed by atoms with E-state index >= 15 is 0 Å². The molecule has 1 rings (SSSR count). The second-order valence-corrected chi connectivity index (χ2v) is 6.76. The Morgan fingerprint density at radius 2 is 1.61 bits per heavy atom. The minimum absolute atomic E-state index is 0.0703. The van der Waals surface area contributed by atoms with Crippen LogP contribution >= 0.6 is 0 Å². The van der Waals surface area contributed by atoms with Gasteiger partial charge in [-0.25, -0.2) is 0 Å². The Labute approximate surface area is 138 Å². The molecule has 0 aliphatic heterocycles. The molecular weight excluding hydrogens is 292 g/mol. The maximum atomic E-state index is 11.4. The Hall–Kier alpha value is -2.10. The van der Waals surface area contributed by atoms with E-state index in [2.05, 4.69) is 20.8 Å². The van der Waals surface area contributed by atoms with Gasteiger partial charge in [0.05, 0.1) is 0 Å². The molecule has 4 heteroatoms. The average Bonchev–Trinajstić information content (AvgIpc) is 2.41. The molecule has 1 aromatic carbocycles. The fourth-order valence-corrected chi connectivity index (χ4v) is 2.24. The molecule has 0 heterocycles. The molecule has 23 heavy (non-hydrogen) atoms. The van der Waals surface area contributed by atoms with Crippen molar-refractivity contribution in [1.82, 2.24) is 0 Å². The largest absolute Gasteiger partial charge is 0.458 e. The Kier molecular flexibility index (Phi) is 7.01. The lowest BCUT2D eigenvalue weighted by molar-refractivity contribution is -0.163. The number of carbonyl (C=O) groups is 2.